The summed E-state index contributed by atoms with van der Waals surface area (Å²) in [7, 11) is -4.28. The van der Waals surface area contributed by atoms with Gasteiger partial charge in [-0.05, 0) is 17.7 Å². The van der Waals surface area contributed by atoms with Crippen LogP contribution in [0.4, 0.5) is 4.39 Å². The Morgan fingerprint density at radius 1 is 1.50 bits per heavy atom. The van der Waals surface area contributed by atoms with E-state index in [0.717, 1.165) is 12.1 Å². The molecule has 2 rings (SSSR count). The molecule has 0 unspecified atom stereocenters. The van der Waals surface area contributed by atoms with Gasteiger partial charge in [-0.1, -0.05) is 5.21 Å². The van der Waals surface area contributed by atoms with Crippen molar-refractivity contribution in [1.29, 1.82) is 0 Å². The largest absolute Gasteiger partial charge is 0.345 e. The number of rotatable bonds is 2. The SMILES string of the molecule is [N-]=[N+]=NS(=O)(=O)n1nnc2cc(F)ccc21. The number of halogens is 1. The van der Waals surface area contributed by atoms with Gasteiger partial charge < -0.3 is 0 Å². The van der Waals surface area contributed by atoms with Crippen LogP contribution in [0, 0.1) is 5.82 Å². The van der Waals surface area contributed by atoms with Gasteiger partial charge in [-0.2, -0.15) is 8.42 Å². The minimum Gasteiger partial charge on any atom is -0.207 e. The molecule has 0 aliphatic rings. The first-order valence-corrected chi connectivity index (χ1v) is 5.27. The van der Waals surface area contributed by atoms with Crippen molar-refractivity contribution in [3.63, 3.8) is 0 Å². The first kappa shape index (κ1) is 10.3. The van der Waals surface area contributed by atoms with Gasteiger partial charge in [0.25, 0.3) is 0 Å². The number of aromatic nitrogens is 3. The van der Waals surface area contributed by atoms with E-state index in [1.165, 1.54) is 6.07 Å². The Balaban J connectivity index is 2.77. The lowest BCUT2D eigenvalue weighted by Crippen LogP contribution is -2.10. The average molecular weight is 242 g/mol. The van der Waals surface area contributed by atoms with Crippen molar-refractivity contribution in [2.75, 3.05) is 0 Å². The van der Waals surface area contributed by atoms with Gasteiger partial charge in [0.2, 0.25) is 0 Å². The highest BCUT2D eigenvalue weighted by atomic mass is 32.2. The van der Waals surface area contributed by atoms with Gasteiger partial charge in [0.15, 0.2) is 0 Å². The number of nitrogens with zero attached hydrogens (tertiary/aromatic N) is 6. The fourth-order valence-corrected chi connectivity index (χ4v) is 1.82. The van der Waals surface area contributed by atoms with Crippen LogP contribution in [-0.4, -0.2) is 22.8 Å². The van der Waals surface area contributed by atoms with E-state index in [0.29, 0.717) is 4.09 Å². The van der Waals surface area contributed by atoms with E-state index in [-0.39, 0.29) is 11.0 Å². The smallest absolute Gasteiger partial charge is 0.207 e. The normalized spacial score (nSPS) is 11.3. The minimum absolute atomic E-state index is 0.0359. The standard InChI is InChI=1S/C6H3FN6O2S/c7-4-1-2-6-5(3-4)9-11-13(6)16(14,15)12-10-8/h1-3H. The zero-order valence-corrected chi connectivity index (χ0v) is 8.33. The molecule has 0 N–H and O–H groups in total. The molecule has 16 heavy (non-hydrogen) atoms. The topological polar surface area (TPSA) is 114 Å². The van der Waals surface area contributed by atoms with Gasteiger partial charge in [-0.3, -0.25) is 0 Å². The molecule has 0 aliphatic carbocycles. The second-order valence-electron chi connectivity index (χ2n) is 2.71. The second kappa shape index (κ2) is 3.43. The van der Waals surface area contributed by atoms with Gasteiger partial charge in [-0.15, -0.1) is 9.19 Å². The summed E-state index contributed by atoms with van der Waals surface area (Å²) in [5.41, 5.74) is 8.16. The van der Waals surface area contributed by atoms with Gasteiger partial charge in [-0.25, -0.2) is 4.39 Å². The predicted octanol–water partition coefficient (Wildman–Crippen LogP) is 0.974. The monoisotopic (exact) mass is 242 g/mol. The average Bonchev–Trinajstić information content (AvgIpc) is 2.60. The molecule has 8 nitrogen and oxygen atoms in total. The molecule has 0 spiro atoms. The Morgan fingerprint density at radius 2 is 2.25 bits per heavy atom. The molecule has 2 aromatic rings. The van der Waals surface area contributed by atoms with Crippen LogP contribution in [-0.2, 0) is 10.2 Å². The Kier molecular flexibility index (Phi) is 2.22. The highest BCUT2D eigenvalue weighted by Crippen LogP contribution is 2.14. The molecule has 0 saturated heterocycles. The Hall–Kier alpha value is -2.19. The van der Waals surface area contributed by atoms with Crippen LogP contribution >= 0.6 is 0 Å². The summed E-state index contributed by atoms with van der Waals surface area (Å²) in [6.07, 6.45) is 0. The zero-order chi connectivity index (χ0) is 11.8. The lowest BCUT2D eigenvalue weighted by molar-refractivity contribution is 0.581. The number of azide groups is 1. The first-order valence-electron chi connectivity index (χ1n) is 3.87. The molecule has 1 heterocycles. The second-order valence-corrected chi connectivity index (χ2v) is 4.12. The fourth-order valence-electron chi connectivity index (χ4n) is 1.13. The highest BCUT2D eigenvalue weighted by Gasteiger charge is 2.16. The number of hydrogen-bond acceptors (Lipinski definition) is 4. The van der Waals surface area contributed by atoms with Crippen molar-refractivity contribution in [2.45, 2.75) is 0 Å². The van der Waals surface area contributed by atoms with Crippen molar-refractivity contribution in [2.24, 2.45) is 4.52 Å². The highest BCUT2D eigenvalue weighted by molar-refractivity contribution is 7.88. The zero-order valence-electron chi connectivity index (χ0n) is 7.52. The molecule has 82 valence electrons. The maximum Gasteiger partial charge on any atom is 0.345 e. The Labute approximate surface area is 88.1 Å². The lowest BCUT2D eigenvalue weighted by atomic mass is 10.3. The summed E-state index contributed by atoms with van der Waals surface area (Å²) in [6, 6.07) is 3.24. The summed E-state index contributed by atoms with van der Waals surface area (Å²) < 4.78 is 38.5. The predicted molar refractivity (Wildman–Crippen MR) is 50.9 cm³/mol. The van der Waals surface area contributed by atoms with E-state index in [2.05, 4.69) is 19.7 Å². The van der Waals surface area contributed by atoms with Crippen LogP contribution in [0.2, 0.25) is 0 Å². The van der Waals surface area contributed by atoms with E-state index in [1.807, 2.05) is 0 Å². The number of benzene rings is 1. The Bertz CT molecular complexity index is 701. The molecule has 0 saturated carbocycles. The van der Waals surface area contributed by atoms with Crippen LogP contribution in [0.3, 0.4) is 0 Å². The molecule has 1 aromatic carbocycles. The summed E-state index contributed by atoms with van der Waals surface area (Å²) in [5.74, 6) is -0.569. The third-order valence-electron chi connectivity index (χ3n) is 1.74. The van der Waals surface area contributed by atoms with Gasteiger partial charge in [0.05, 0.1) is 4.52 Å². The van der Waals surface area contributed by atoms with Gasteiger partial charge in [0, 0.05) is 11.0 Å². The molecule has 0 radical (unpaired) electrons. The summed E-state index contributed by atoms with van der Waals surface area (Å²) in [4.78, 5) is 2.16. The van der Waals surface area contributed by atoms with E-state index in [4.69, 9.17) is 5.53 Å². The van der Waals surface area contributed by atoms with Crippen LogP contribution < -0.4 is 0 Å². The molecule has 0 bridgehead atoms. The van der Waals surface area contributed by atoms with Crippen molar-refractivity contribution in [1.82, 2.24) is 14.4 Å². The van der Waals surface area contributed by atoms with Crippen molar-refractivity contribution < 1.29 is 12.8 Å². The van der Waals surface area contributed by atoms with Crippen LogP contribution in [0.15, 0.2) is 22.7 Å². The molecule has 0 atom stereocenters. The summed E-state index contributed by atoms with van der Waals surface area (Å²) in [5, 5.41) is 6.71. The third kappa shape index (κ3) is 1.55. The molecule has 0 aliphatic heterocycles. The molecular formula is C6H3FN6O2S. The minimum atomic E-state index is -4.28. The van der Waals surface area contributed by atoms with E-state index in [1.54, 1.807) is 0 Å². The maximum atomic E-state index is 12.8. The van der Waals surface area contributed by atoms with Crippen LogP contribution in [0.25, 0.3) is 21.5 Å². The molecule has 10 heteroatoms. The third-order valence-corrected chi connectivity index (χ3v) is 2.72. The van der Waals surface area contributed by atoms with Crippen LogP contribution in [0.5, 0.6) is 0 Å². The maximum absolute atomic E-state index is 12.8. The molecule has 1 aromatic heterocycles. The molecule has 0 amide bonds. The quantitative estimate of drug-likeness (QED) is 0.443. The number of hydrogen-bond donors (Lipinski definition) is 0. The van der Waals surface area contributed by atoms with Crippen molar-refractivity contribution in [3.8, 4) is 0 Å². The van der Waals surface area contributed by atoms with Crippen molar-refractivity contribution in [3.05, 3.63) is 34.5 Å². The van der Waals surface area contributed by atoms with Gasteiger partial charge >= 0.3 is 10.2 Å². The Morgan fingerprint density at radius 3 is 2.94 bits per heavy atom. The fraction of sp³-hybridized carbons (Fsp3) is 0. The van der Waals surface area contributed by atoms with E-state index >= 15 is 0 Å². The molecular weight excluding hydrogens is 239 g/mol. The first-order chi connectivity index (χ1) is 7.54. The van der Waals surface area contributed by atoms with Crippen molar-refractivity contribution >= 4 is 21.2 Å². The van der Waals surface area contributed by atoms with E-state index in [9.17, 15) is 12.8 Å². The van der Waals surface area contributed by atoms with Crippen LogP contribution in [0.1, 0.15) is 0 Å². The molecule has 0 fully saturated rings. The number of fused-ring (bicyclic) bond motifs is 1. The lowest BCUT2D eigenvalue weighted by Gasteiger charge is -1.96. The van der Waals surface area contributed by atoms with E-state index < -0.39 is 16.0 Å². The summed E-state index contributed by atoms with van der Waals surface area (Å²) in [6.45, 7) is 0. The van der Waals surface area contributed by atoms with Gasteiger partial charge in [0.1, 0.15) is 16.9 Å². The summed E-state index contributed by atoms with van der Waals surface area (Å²) >= 11 is 0.